The molecule has 0 radical (unpaired) electrons. The minimum absolute atomic E-state index is 0.0118. The summed E-state index contributed by atoms with van der Waals surface area (Å²) in [5, 5.41) is 0. The minimum atomic E-state index is -0.0550. The maximum Gasteiger partial charge on any atom is 0.219 e. The molecule has 0 unspecified atom stereocenters. The Morgan fingerprint density at radius 2 is 1.40 bits per heavy atom. The van der Waals surface area contributed by atoms with E-state index >= 15 is 0 Å². The van der Waals surface area contributed by atoms with Crippen LogP contribution in [0.3, 0.4) is 0 Å². The predicted molar refractivity (Wildman–Crippen MR) is 73.6 cm³/mol. The van der Waals surface area contributed by atoms with E-state index < -0.39 is 0 Å². The number of benzene rings is 1. The molecular formula is C16H15NO3. The number of carbonyl (C=O) groups is 3. The van der Waals surface area contributed by atoms with E-state index in [1.807, 2.05) is 0 Å². The van der Waals surface area contributed by atoms with E-state index in [0.717, 1.165) is 0 Å². The Bertz CT molecular complexity index is 608. The second kappa shape index (κ2) is 4.71. The molecule has 0 bridgehead atoms. The highest BCUT2D eigenvalue weighted by atomic mass is 16.2. The fourth-order valence-corrected chi connectivity index (χ4v) is 2.93. The van der Waals surface area contributed by atoms with Crippen LogP contribution in [-0.4, -0.2) is 35.5 Å². The zero-order valence-corrected chi connectivity index (χ0v) is 11.3. The smallest absolute Gasteiger partial charge is 0.219 e. The lowest BCUT2D eigenvalue weighted by Gasteiger charge is -2.18. The van der Waals surface area contributed by atoms with Gasteiger partial charge in [0.1, 0.15) is 0 Å². The fourth-order valence-electron chi connectivity index (χ4n) is 2.93. The van der Waals surface area contributed by atoms with Crippen LogP contribution in [-0.2, 0) is 4.79 Å². The summed E-state index contributed by atoms with van der Waals surface area (Å²) in [4.78, 5) is 38.2. The van der Waals surface area contributed by atoms with Gasteiger partial charge in [-0.05, 0) is 12.8 Å². The molecule has 1 aliphatic heterocycles. The Morgan fingerprint density at radius 3 is 1.80 bits per heavy atom. The lowest BCUT2D eigenvalue weighted by molar-refractivity contribution is -0.128. The van der Waals surface area contributed by atoms with Crippen molar-refractivity contribution < 1.29 is 14.4 Å². The van der Waals surface area contributed by atoms with Gasteiger partial charge in [-0.15, -0.1) is 0 Å². The van der Waals surface area contributed by atoms with Gasteiger partial charge in [-0.25, -0.2) is 0 Å². The van der Waals surface area contributed by atoms with Crippen molar-refractivity contribution in [3.8, 4) is 0 Å². The maximum absolute atomic E-state index is 12.5. The van der Waals surface area contributed by atoms with E-state index in [4.69, 9.17) is 0 Å². The van der Waals surface area contributed by atoms with Crippen LogP contribution in [0.1, 0.15) is 40.5 Å². The van der Waals surface area contributed by atoms with Crippen molar-refractivity contribution in [2.75, 3.05) is 13.1 Å². The first-order chi connectivity index (χ1) is 9.59. The highest BCUT2D eigenvalue weighted by Gasteiger charge is 2.33. The van der Waals surface area contributed by atoms with E-state index in [9.17, 15) is 14.4 Å². The van der Waals surface area contributed by atoms with Gasteiger partial charge in [0.25, 0.3) is 0 Å². The third-order valence-electron chi connectivity index (χ3n) is 4.04. The summed E-state index contributed by atoms with van der Waals surface area (Å²) in [5.74, 6) is -0.122. The molecule has 1 aromatic carbocycles. The van der Waals surface area contributed by atoms with Crippen LogP contribution in [0.15, 0.2) is 35.4 Å². The van der Waals surface area contributed by atoms with Crippen LogP contribution in [0.25, 0.3) is 0 Å². The lowest BCUT2D eigenvalue weighted by atomic mass is 9.82. The molecule has 0 atom stereocenters. The topological polar surface area (TPSA) is 54.5 Å². The van der Waals surface area contributed by atoms with E-state index in [0.29, 0.717) is 48.2 Å². The molecule has 0 fully saturated rings. The number of amides is 1. The molecule has 1 aromatic rings. The standard InChI is InChI=1S/C16H15NO3/c1-10(18)17-8-6-13-14(7-9-17)16(20)12-5-3-2-4-11(12)15(13)19/h2-5H,6-9H2,1H3. The third-order valence-corrected chi connectivity index (χ3v) is 4.04. The molecule has 20 heavy (non-hydrogen) atoms. The van der Waals surface area contributed by atoms with Gasteiger partial charge in [-0.3, -0.25) is 14.4 Å². The number of hydrogen-bond donors (Lipinski definition) is 0. The van der Waals surface area contributed by atoms with Gasteiger partial charge in [0.05, 0.1) is 0 Å². The number of hydrogen-bond acceptors (Lipinski definition) is 3. The molecule has 0 spiro atoms. The molecule has 0 N–H and O–H groups in total. The summed E-state index contributed by atoms with van der Waals surface area (Å²) in [6.45, 7) is 2.54. The number of nitrogens with zero attached hydrogens (tertiary/aromatic N) is 1. The first-order valence-electron chi connectivity index (χ1n) is 6.75. The second-order valence-corrected chi connectivity index (χ2v) is 5.17. The van der Waals surface area contributed by atoms with Crippen molar-refractivity contribution >= 4 is 17.5 Å². The van der Waals surface area contributed by atoms with Gasteiger partial charge in [0.15, 0.2) is 11.6 Å². The van der Waals surface area contributed by atoms with Gasteiger partial charge in [0.2, 0.25) is 5.91 Å². The summed E-state index contributed by atoms with van der Waals surface area (Å²) < 4.78 is 0. The van der Waals surface area contributed by atoms with Crippen LogP contribution >= 0.6 is 0 Å². The van der Waals surface area contributed by atoms with Crippen LogP contribution in [0, 0.1) is 0 Å². The lowest BCUT2D eigenvalue weighted by Crippen LogP contribution is -2.29. The van der Waals surface area contributed by atoms with Gasteiger partial charge in [-0.2, -0.15) is 0 Å². The Balaban J connectivity index is 2.02. The first kappa shape index (κ1) is 12.8. The van der Waals surface area contributed by atoms with E-state index in [1.165, 1.54) is 6.92 Å². The molecule has 1 heterocycles. The molecule has 2 aliphatic rings. The van der Waals surface area contributed by atoms with Crippen molar-refractivity contribution in [1.29, 1.82) is 0 Å². The zero-order chi connectivity index (χ0) is 14.3. The summed E-state index contributed by atoms with van der Waals surface area (Å²) in [5.41, 5.74) is 2.18. The average Bonchev–Trinajstić information content (AvgIpc) is 2.68. The number of ketones is 2. The van der Waals surface area contributed by atoms with Crippen molar-refractivity contribution in [3.63, 3.8) is 0 Å². The maximum atomic E-state index is 12.5. The Labute approximate surface area is 117 Å². The Morgan fingerprint density at radius 1 is 0.950 bits per heavy atom. The zero-order valence-electron chi connectivity index (χ0n) is 11.3. The van der Waals surface area contributed by atoms with E-state index in [1.54, 1.807) is 29.2 Å². The second-order valence-electron chi connectivity index (χ2n) is 5.17. The monoisotopic (exact) mass is 269 g/mol. The largest absolute Gasteiger partial charge is 0.342 e. The van der Waals surface area contributed by atoms with Gasteiger partial charge in [0, 0.05) is 42.3 Å². The van der Waals surface area contributed by atoms with Gasteiger partial charge in [-0.1, -0.05) is 24.3 Å². The molecule has 0 saturated carbocycles. The molecule has 0 saturated heterocycles. The number of rotatable bonds is 0. The molecule has 0 aromatic heterocycles. The Hall–Kier alpha value is -2.23. The van der Waals surface area contributed by atoms with Crippen molar-refractivity contribution in [1.82, 2.24) is 4.90 Å². The molecular weight excluding hydrogens is 254 g/mol. The summed E-state index contributed by atoms with van der Waals surface area (Å²) in [7, 11) is 0. The highest BCUT2D eigenvalue weighted by molar-refractivity contribution is 6.27. The predicted octanol–water partition coefficient (Wildman–Crippen LogP) is 2.00. The number of Topliss-reactive ketones (excluding diaryl/α,β-unsaturated/α-hetero) is 2. The van der Waals surface area contributed by atoms with Gasteiger partial charge < -0.3 is 4.90 Å². The van der Waals surface area contributed by atoms with Crippen LogP contribution in [0.4, 0.5) is 0 Å². The van der Waals surface area contributed by atoms with Crippen LogP contribution in [0.2, 0.25) is 0 Å². The molecule has 102 valence electrons. The van der Waals surface area contributed by atoms with Crippen molar-refractivity contribution in [2.24, 2.45) is 0 Å². The van der Waals surface area contributed by atoms with Crippen molar-refractivity contribution in [3.05, 3.63) is 46.5 Å². The van der Waals surface area contributed by atoms with E-state index in [-0.39, 0.29) is 17.5 Å². The Kier molecular flexibility index (Phi) is 3.01. The average molecular weight is 269 g/mol. The fraction of sp³-hybridized carbons (Fsp3) is 0.312. The minimum Gasteiger partial charge on any atom is -0.342 e. The summed E-state index contributed by atoms with van der Waals surface area (Å²) in [6, 6.07) is 6.95. The SMILES string of the molecule is CC(=O)N1CCC2=C(CC1)C(=O)c1ccccc1C2=O. The van der Waals surface area contributed by atoms with E-state index in [2.05, 4.69) is 0 Å². The third kappa shape index (κ3) is 1.88. The van der Waals surface area contributed by atoms with Crippen LogP contribution in [0.5, 0.6) is 0 Å². The highest BCUT2D eigenvalue weighted by Crippen LogP contribution is 2.31. The molecule has 4 heteroatoms. The molecule has 3 rings (SSSR count). The molecule has 1 aliphatic carbocycles. The number of fused-ring (bicyclic) bond motifs is 1. The van der Waals surface area contributed by atoms with Crippen molar-refractivity contribution in [2.45, 2.75) is 19.8 Å². The van der Waals surface area contributed by atoms with Crippen LogP contribution < -0.4 is 0 Å². The molecule has 4 nitrogen and oxygen atoms in total. The number of carbonyl (C=O) groups excluding carboxylic acids is 3. The summed E-state index contributed by atoms with van der Waals surface area (Å²) >= 11 is 0. The quantitative estimate of drug-likeness (QED) is 0.724. The normalized spacial score (nSPS) is 18.6. The summed E-state index contributed by atoms with van der Waals surface area (Å²) in [6.07, 6.45) is 0.932. The molecule has 1 amide bonds. The van der Waals surface area contributed by atoms with Gasteiger partial charge >= 0.3 is 0 Å². The first-order valence-corrected chi connectivity index (χ1v) is 6.75.